The molecule has 36 heavy (non-hydrogen) atoms. The Morgan fingerprint density at radius 3 is 2.00 bits per heavy atom. The van der Waals surface area contributed by atoms with E-state index in [4.69, 9.17) is 5.11 Å². The van der Waals surface area contributed by atoms with Crippen LogP contribution in [0.5, 0.6) is 0 Å². The summed E-state index contributed by atoms with van der Waals surface area (Å²) >= 11 is 0. The number of rotatable bonds is 8. The van der Waals surface area contributed by atoms with Gasteiger partial charge in [-0.25, -0.2) is 0 Å². The van der Waals surface area contributed by atoms with Gasteiger partial charge in [0.15, 0.2) is 0 Å². The van der Waals surface area contributed by atoms with E-state index in [-0.39, 0.29) is 30.7 Å². The lowest BCUT2D eigenvalue weighted by atomic mass is 9.95. The first-order chi connectivity index (χ1) is 17.5. The number of aliphatic carboxylic acids is 1. The molecule has 0 aliphatic heterocycles. The molecule has 0 aromatic heterocycles. The molecule has 0 spiro atoms. The molecule has 0 unspecified atom stereocenters. The summed E-state index contributed by atoms with van der Waals surface area (Å²) in [5.41, 5.74) is 2.83. The Morgan fingerprint density at radius 2 is 1.36 bits per heavy atom. The summed E-state index contributed by atoms with van der Waals surface area (Å²) in [5, 5.41) is 15.0. The number of carbonyl (C=O) groups excluding carboxylic acids is 2. The van der Waals surface area contributed by atoms with Crippen LogP contribution in [0.4, 0.5) is 5.69 Å². The van der Waals surface area contributed by atoms with Crippen LogP contribution in [0.25, 0.3) is 5.57 Å². The quantitative estimate of drug-likeness (QED) is 0.377. The minimum Gasteiger partial charge on any atom is -0.481 e. The number of carboxylic acids is 1. The van der Waals surface area contributed by atoms with Crippen molar-refractivity contribution in [3.05, 3.63) is 71.8 Å². The first-order valence-electron chi connectivity index (χ1n) is 13.2. The highest BCUT2D eigenvalue weighted by atomic mass is 16.4. The largest absolute Gasteiger partial charge is 0.481 e. The lowest BCUT2D eigenvalue weighted by Crippen LogP contribution is -2.33. The van der Waals surface area contributed by atoms with Crippen molar-refractivity contribution in [2.45, 2.75) is 83.1 Å². The Bertz CT molecular complexity index is 1020. The Morgan fingerprint density at radius 1 is 0.778 bits per heavy atom. The van der Waals surface area contributed by atoms with Crippen LogP contribution in [0.2, 0.25) is 0 Å². The first kappa shape index (κ1) is 27.2. The number of hydrogen-bond donors (Lipinski definition) is 3. The van der Waals surface area contributed by atoms with Gasteiger partial charge >= 0.3 is 5.97 Å². The van der Waals surface area contributed by atoms with E-state index in [1.165, 1.54) is 38.5 Å². The van der Waals surface area contributed by atoms with E-state index >= 15 is 0 Å². The maximum Gasteiger partial charge on any atom is 0.303 e. The molecule has 2 amide bonds. The third-order valence-corrected chi connectivity index (χ3v) is 6.62. The third kappa shape index (κ3) is 9.33. The number of para-hydroxylation sites is 1. The third-order valence-electron chi connectivity index (χ3n) is 6.62. The maximum atomic E-state index is 13.3. The highest BCUT2D eigenvalue weighted by Crippen LogP contribution is 2.30. The van der Waals surface area contributed by atoms with Crippen LogP contribution in [0.1, 0.15) is 88.2 Å². The molecule has 6 heteroatoms. The van der Waals surface area contributed by atoms with Crippen LogP contribution in [-0.4, -0.2) is 28.9 Å². The van der Waals surface area contributed by atoms with E-state index in [0.717, 1.165) is 31.2 Å². The molecule has 1 aliphatic rings. The Kier molecular flexibility index (Phi) is 11.2. The summed E-state index contributed by atoms with van der Waals surface area (Å²) in [4.78, 5) is 36.5. The predicted octanol–water partition coefficient (Wildman–Crippen LogP) is 6.32. The molecule has 0 bridgehead atoms. The van der Waals surface area contributed by atoms with Gasteiger partial charge in [0.05, 0.1) is 6.42 Å². The van der Waals surface area contributed by atoms with E-state index in [1.807, 2.05) is 48.5 Å². The Hall–Kier alpha value is -3.41. The summed E-state index contributed by atoms with van der Waals surface area (Å²) < 4.78 is 0. The fourth-order valence-corrected chi connectivity index (χ4v) is 4.70. The Labute approximate surface area is 214 Å². The highest BCUT2D eigenvalue weighted by molar-refractivity contribution is 6.03. The molecule has 1 aliphatic carbocycles. The van der Waals surface area contributed by atoms with Crippen molar-refractivity contribution >= 4 is 29.0 Å². The van der Waals surface area contributed by atoms with Crippen LogP contribution in [0, 0.1) is 0 Å². The normalized spacial score (nSPS) is 15.9. The van der Waals surface area contributed by atoms with Gasteiger partial charge in [0, 0.05) is 29.8 Å². The molecule has 1 saturated carbocycles. The molecule has 3 N–H and O–H groups in total. The van der Waals surface area contributed by atoms with Crippen molar-refractivity contribution in [2.75, 3.05) is 5.32 Å². The van der Waals surface area contributed by atoms with E-state index in [2.05, 4.69) is 10.6 Å². The fraction of sp³-hybridized carbons (Fsp3) is 0.433. The van der Waals surface area contributed by atoms with Crippen molar-refractivity contribution < 1.29 is 19.5 Å². The van der Waals surface area contributed by atoms with Gasteiger partial charge in [-0.2, -0.15) is 0 Å². The van der Waals surface area contributed by atoms with Gasteiger partial charge in [0.1, 0.15) is 0 Å². The topological polar surface area (TPSA) is 95.5 Å². The van der Waals surface area contributed by atoms with Crippen molar-refractivity contribution in [2.24, 2.45) is 0 Å². The van der Waals surface area contributed by atoms with Crippen LogP contribution >= 0.6 is 0 Å². The van der Waals surface area contributed by atoms with Gasteiger partial charge in [0.2, 0.25) is 11.8 Å². The number of nitrogens with one attached hydrogen (secondary N) is 2. The van der Waals surface area contributed by atoms with E-state index < -0.39 is 5.97 Å². The lowest BCUT2D eigenvalue weighted by Gasteiger charge is -2.19. The molecule has 0 atom stereocenters. The minimum atomic E-state index is -1.02. The first-order valence-corrected chi connectivity index (χ1v) is 13.2. The van der Waals surface area contributed by atoms with E-state index in [9.17, 15) is 14.4 Å². The Balaban J connectivity index is 1.83. The second kappa shape index (κ2) is 14.9. The number of benzene rings is 2. The average Bonchev–Trinajstić information content (AvgIpc) is 2.93. The number of carbonyl (C=O) groups is 3. The summed E-state index contributed by atoms with van der Waals surface area (Å²) in [5.74, 6) is -1.53. The zero-order valence-corrected chi connectivity index (χ0v) is 21.0. The lowest BCUT2D eigenvalue weighted by molar-refractivity contribution is -0.138. The summed E-state index contributed by atoms with van der Waals surface area (Å²) in [7, 11) is 0. The molecule has 2 aromatic carbocycles. The van der Waals surface area contributed by atoms with Gasteiger partial charge in [-0.3, -0.25) is 14.4 Å². The molecule has 0 radical (unpaired) electrons. The van der Waals surface area contributed by atoms with Gasteiger partial charge in [-0.05, 0) is 30.0 Å². The molecular weight excluding hydrogens is 452 g/mol. The predicted molar refractivity (Wildman–Crippen MR) is 144 cm³/mol. The highest BCUT2D eigenvalue weighted by Gasteiger charge is 2.16. The fourth-order valence-electron chi connectivity index (χ4n) is 4.70. The number of anilines is 1. The maximum absolute atomic E-state index is 13.3. The van der Waals surface area contributed by atoms with Gasteiger partial charge in [-0.1, -0.05) is 99.9 Å². The SMILES string of the molecule is O=C(O)CCC(=O)Nc1ccccc1/C(=C\C(=O)NC1CCCCCCCCCC1)c1ccccc1. The zero-order chi connectivity index (χ0) is 25.6. The smallest absolute Gasteiger partial charge is 0.303 e. The molecule has 192 valence electrons. The standard InChI is InChI=1S/C30H38N2O4/c33-28(20-21-30(35)36)32-27-19-13-12-18-25(27)26(23-14-8-7-9-15-23)22-29(34)31-24-16-10-5-3-1-2-4-6-11-17-24/h7-9,12-15,18-19,22,24H,1-6,10-11,16-17,20-21H2,(H,31,34)(H,32,33)(H,35,36)/b26-22-. The van der Waals surface area contributed by atoms with Crippen molar-refractivity contribution in [1.29, 1.82) is 0 Å². The zero-order valence-electron chi connectivity index (χ0n) is 21.0. The molecule has 1 fully saturated rings. The average molecular weight is 491 g/mol. The second-order valence-corrected chi connectivity index (χ2v) is 9.52. The monoisotopic (exact) mass is 490 g/mol. The van der Waals surface area contributed by atoms with Crippen LogP contribution in [0.3, 0.4) is 0 Å². The molecule has 0 saturated heterocycles. The molecular formula is C30H38N2O4. The summed E-state index contributed by atoms with van der Waals surface area (Å²) in [6, 6.07) is 17.1. The van der Waals surface area contributed by atoms with Crippen molar-refractivity contribution in [3.8, 4) is 0 Å². The van der Waals surface area contributed by atoms with Crippen LogP contribution in [-0.2, 0) is 14.4 Å². The number of carboxylic acid groups (broad SMARTS) is 1. The van der Waals surface area contributed by atoms with Gasteiger partial charge in [0.25, 0.3) is 0 Å². The number of hydrogen-bond acceptors (Lipinski definition) is 3. The van der Waals surface area contributed by atoms with Crippen molar-refractivity contribution in [3.63, 3.8) is 0 Å². The molecule has 3 rings (SSSR count). The molecule has 6 nitrogen and oxygen atoms in total. The van der Waals surface area contributed by atoms with Gasteiger partial charge < -0.3 is 15.7 Å². The number of amides is 2. The van der Waals surface area contributed by atoms with Crippen LogP contribution < -0.4 is 10.6 Å². The van der Waals surface area contributed by atoms with Gasteiger partial charge in [-0.15, -0.1) is 0 Å². The summed E-state index contributed by atoms with van der Waals surface area (Å²) in [6.07, 6.45) is 13.1. The molecule has 2 aromatic rings. The summed E-state index contributed by atoms with van der Waals surface area (Å²) in [6.45, 7) is 0. The second-order valence-electron chi connectivity index (χ2n) is 9.52. The molecule has 0 heterocycles. The van der Waals surface area contributed by atoms with E-state index in [0.29, 0.717) is 16.8 Å². The van der Waals surface area contributed by atoms with Crippen LogP contribution in [0.15, 0.2) is 60.7 Å². The minimum absolute atomic E-state index is 0.115. The van der Waals surface area contributed by atoms with E-state index in [1.54, 1.807) is 12.1 Å². The van der Waals surface area contributed by atoms with Crippen molar-refractivity contribution in [1.82, 2.24) is 5.32 Å².